The molecule has 12 heteroatoms. The highest BCUT2D eigenvalue weighted by atomic mass is 19.4. The second kappa shape index (κ2) is 6.81. The molecule has 0 saturated carbocycles. The highest BCUT2D eigenvalue weighted by Crippen LogP contribution is 2.54. The minimum atomic E-state index is -5.16. The van der Waals surface area contributed by atoms with Crippen molar-refractivity contribution in [3.8, 4) is 0 Å². The predicted molar refractivity (Wildman–Crippen MR) is 98.2 cm³/mol. The molecule has 1 aromatic carbocycles. The van der Waals surface area contributed by atoms with Crippen LogP contribution in [0.1, 0.15) is 31.9 Å². The van der Waals surface area contributed by atoms with E-state index in [1.165, 1.54) is 32.9 Å². The van der Waals surface area contributed by atoms with E-state index in [1.54, 1.807) is 0 Å². The van der Waals surface area contributed by atoms with Crippen molar-refractivity contribution in [1.29, 1.82) is 0 Å². The summed E-state index contributed by atoms with van der Waals surface area (Å²) in [6, 6.07) is 0.503. The molecular formula is C21H17F6NO5. The van der Waals surface area contributed by atoms with E-state index in [2.05, 4.69) is 0 Å². The topological polar surface area (TPSA) is 72.9 Å². The Kier molecular flexibility index (Phi) is 4.80. The second-order valence-corrected chi connectivity index (χ2v) is 9.08. The number of carbonyl (C=O) groups is 3. The number of hydrogen-bond donors (Lipinski definition) is 0. The lowest BCUT2D eigenvalue weighted by molar-refractivity contribution is -0.212. The summed E-state index contributed by atoms with van der Waals surface area (Å²) in [5.74, 6) is -7.62. The summed E-state index contributed by atoms with van der Waals surface area (Å²) in [6.45, 7) is 4.59. The van der Waals surface area contributed by atoms with E-state index in [1.807, 2.05) is 0 Å². The van der Waals surface area contributed by atoms with Gasteiger partial charge in [-0.3, -0.25) is 14.4 Å². The largest absolute Gasteiger partial charge is 0.428 e. The minimum absolute atomic E-state index is 0.101. The molecule has 4 atom stereocenters. The lowest BCUT2D eigenvalue weighted by Crippen LogP contribution is -2.46. The zero-order chi connectivity index (χ0) is 24.7. The number of benzene rings is 1. The molecule has 0 spiro atoms. The zero-order valence-corrected chi connectivity index (χ0v) is 17.4. The number of halogens is 6. The van der Waals surface area contributed by atoms with E-state index in [0.29, 0.717) is 12.1 Å². The number of esters is 1. The van der Waals surface area contributed by atoms with Crippen LogP contribution in [0.15, 0.2) is 30.4 Å². The highest BCUT2D eigenvalue weighted by molar-refractivity contribution is 6.23. The Labute approximate surface area is 183 Å². The van der Waals surface area contributed by atoms with Crippen LogP contribution in [0.2, 0.25) is 0 Å². The van der Waals surface area contributed by atoms with E-state index >= 15 is 0 Å². The number of fused-ring (bicyclic) bond motifs is 5. The first kappa shape index (κ1) is 23.3. The van der Waals surface area contributed by atoms with Crippen LogP contribution < -0.4 is 4.90 Å². The third kappa shape index (κ3) is 3.60. The van der Waals surface area contributed by atoms with Crippen molar-refractivity contribution in [1.82, 2.24) is 0 Å². The van der Waals surface area contributed by atoms with Crippen LogP contribution in [0, 0.1) is 17.3 Å². The van der Waals surface area contributed by atoms with Gasteiger partial charge in [0.2, 0.25) is 17.6 Å². The van der Waals surface area contributed by atoms with E-state index < -0.39 is 76.1 Å². The van der Waals surface area contributed by atoms with Gasteiger partial charge in [0.05, 0.1) is 34.3 Å². The number of imide groups is 1. The average Bonchev–Trinajstić information content (AvgIpc) is 3.29. The van der Waals surface area contributed by atoms with Crippen molar-refractivity contribution in [3.05, 3.63) is 41.5 Å². The third-order valence-corrected chi connectivity index (χ3v) is 5.67. The Morgan fingerprint density at radius 2 is 1.52 bits per heavy atom. The van der Waals surface area contributed by atoms with Gasteiger partial charge in [-0.05, 0) is 45.0 Å². The molecule has 0 unspecified atom stereocenters. The van der Waals surface area contributed by atoms with Crippen LogP contribution in [0.5, 0.6) is 0 Å². The van der Waals surface area contributed by atoms with Gasteiger partial charge in [0.15, 0.2) is 0 Å². The molecule has 3 aliphatic rings. The number of amides is 2. The van der Waals surface area contributed by atoms with Crippen molar-refractivity contribution in [2.75, 3.05) is 4.90 Å². The van der Waals surface area contributed by atoms with Crippen molar-refractivity contribution >= 4 is 23.5 Å². The number of anilines is 1. The van der Waals surface area contributed by atoms with E-state index in [-0.39, 0.29) is 11.0 Å². The number of alkyl halides is 6. The van der Waals surface area contributed by atoms with Gasteiger partial charge >= 0.3 is 18.3 Å². The monoisotopic (exact) mass is 477 g/mol. The molecule has 33 heavy (non-hydrogen) atoms. The average molecular weight is 477 g/mol. The molecule has 6 nitrogen and oxygen atoms in total. The lowest BCUT2D eigenvalue weighted by Gasteiger charge is -2.31. The van der Waals surface area contributed by atoms with Gasteiger partial charge in [0.1, 0.15) is 5.92 Å². The summed E-state index contributed by atoms with van der Waals surface area (Å²) in [6.07, 6.45) is -8.71. The number of hydrogen-bond acceptors (Lipinski definition) is 5. The Morgan fingerprint density at radius 1 is 0.970 bits per heavy atom. The first-order valence-corrected chi connectivity index (χ1v) is 9.74. The molecule has 178 valence electrons. The smallest absolute Gasteiger partial charge is 0.416 e. The molecule has 2 amide bonds. The molecule has 0 aromatic heterocycles. The SMILES string of the molecule is CC(C)(C)C(=O)O[C@]12C=C[C@H](O1)[C@H]1C(=O)N(c3cc(C(F)(F)F)cc(C(F)(F)F)c3)C(=O)[C@@H]12. The Balaban J connectivity index is 1.77. The second-order valence-electron chi connectivity index (χ2n) is 9.08. The Morgan fingerprint density at radius 3 is 2.00 bits per heavy atom. The molecule has 3 aliphatic heterocycles. The molecule has 3 heterocycles. The van der Waals surface area contributed by atoms with Crippen molar-refractivity contribution < 1.29 is 50.2 Å². The summed E-state index contributed by atoms with van der Waals surface area (Å²) >= 11 is 0. The molecule has 2 fully saturated rings. The molecule has 2 bridgehead atoms. The van der Waals surface area contributed by atoms with Crippen molar-refractivity contribution in [2.45, 2.75) is 45.0 Å². The van der Waals surface area contributed by atoms with Crippen LogP contribution in [0.25, 0.3) is 0 Å². The number of ether oxygens (including phenoxy) is 2. The maximum absolute atomic E-state index is 13.3. The van der Waals surface area contributed by atoms with Gasteiger partial charge in [-0.15, -0.1) is 0 Å². The van der Waals surface area contributed by atoms with Crippen LogP contribution >= 0.6 is 0 Å². The van der Waals surface area contributed by atoms with E-state index in [9.17, 15) is 40.7 Å². The summed E-state index contributed by atoms with van der Waals surface area (Å²) in [5, 5.41) is 0. The van der Waals surface area contributed by atoms with Gasteiger partial charge in [0, 0.05) is 0 Å². The molecule has 4 rings (SSSR count). The fraction of sp³-hybridized carbons (Fsp3) is 0.476. The molecule has 0 radical (unpaired) electrons. The van der Waals surface area contributed by atoms with Crippen LogP contribution in [-0.2, 0) is 36.2 Å². The van der Waals surface area contributed by atoms with Crippen molar-refractivity contribution in [2.24, 2.45) is 17.3 Å². The van der Waals surface area contributed by atoms with Crippen molar-refractivity contribution in [3.63, 3.8) is 0 Å². The Bertz CT molecular complexity index is 1050. The van der Waals surface area contributed by atoms with Gasteiger partial charge < -0.3 is 9.47 Å². The maximum atomic E-state index is 13.3. The quantitative estimate of drug-likeness (QED) is 0.278. The molecule has 0 N–H and O–H groups in total. The van der Waals surface area contributed by atoms with Gasteiger partial charge in [-0.25, -0.2) is 4.90 Å². The molecule has 2 saturated heterocycles. The summed E-state index contributed by atoms with van der Waals surface area (Å²) in [5.41, 5.74) is -5.23. The highest BCUT2D eigenvalue weighted by Gasteiger charge is 2.70. The first-order chi connectivity index (χ1) is 15.0. The molecule has 0 aliphatic carbocycles. The molecular weight excluding hydrogens is 460 g/mol. The lowest BCUT2D eigenvalue weighted by atomic mass is 9.82. The van der Waals surface area contributed by atoms with E-state index in [0.717, 1.165) is 0 Å². The summed E-state index contributed by atoms with van der Waals surface area (Å²) in [4.78, 5) is 38.9. The summed E-state index contributed by atoms with van der Waals surface area (Å²) in [7, 11) is 0. The van der Waals surface area contributed by atoms with E-state index in [4.69, 9.17) is 9.47 Å². The summed E-state index contributed by atoms with van der Waals surface area (Å²) < 4.78 is 90.5. The third-order valence-electron chi connectivity index (χ3n) is 5.67. The maximum Gasteiger partial charge on any atom is 0.416 e. The van der Waals surface area contributed by atoms with Crippen LogP contribution in [0.3, 0.4) is 0 Å². The number of nitrogens with zero attached hydrogens (tertiary/aromatic N) is 1. The fourth-order valence-corrected chi connectivity index (χ4v) is 4.08. The van der Waals surface area contributed by atoms with Gasteiger partial charge in [-0.1, -0.05) is 6.08 Å². The number of rotatable bonds is 2. The van der Waals surface area contributed by atoms with Gasteiger partial charge in [0.25, 0.3) is 0 Å². The van der Waals surface area contributed by atoms with Crippen LogP contribution in [0.4, 0.5) is 32.0 Å². The normalized spacial score (nSPS) is 29.1. The van der Waals surface area contributed by atoms with Crippen LogP contribution in [-0.4, -0.2) is 29.7 Å². The fourth-order valence-electron chi connectivity index (χ4n) is 4.08. The zero-order valence-electron chi connectivity index (χ0n) is 17.4. The minimum Gasteiger partial charge on any atom is -0.428 e. The Hall–Kier alpha value is -2.89. The predicted octanol–water partition coefficient (Wildman–Crippen LogP) is 4.08. The first-order valence-electron chi connectivity index (χ1n) is 9.74. The van der Waals surface area contributed by atoms with Gasteiger partial charge in [-0.2, -0.15) is 26.3 Å². The molecule has 1 aromatic rings. The number of carbonyl (C=O) groups excluding carboxylic acids is 3. The standard InChI is InChI=1S/C21H17F6NO5/c1-18(2,3)17(31)33-19-5-4-12(32-19)13-14(19)16(30)28(15(13)29)11-7-9(20(22,23)24)6-10(8-11)21(25,26)27/h4-8,12-14H,1-3H3/t12-,13+,14+,19-/m0/s1.